The van der Waals surface area contributed by atoms with Gasteiger partial charge in [0.25, 0.3) is 5.56 Å². The second-order valence-corrected chi connectivity index (χ2v) is 7.51. The number of anilines is 1. The first-order valence-electron chi connectivity index (χ1n) is 9.41. The van der Waals surface area contributed by atoms with Gasteiger partial charge in [0, 0.05) is 23.4 Å². The van der Waals surface area contributed by atoms with Crippen LogP contribution in [0.5, 0.6) is 0 Å². The van der Waals surface area contributed by atoms with Crippen molar-refractivity contribution in [3.8, 4) is 11.8 Å². The van der Waals surface area contributed by atoms with E-state index in [1.54, 1.807) is 0 Å². The van der Waals surface area contributed by atoms with Crippen LogP contribution in [0.2, 0.25) is 0 Å². The molecular formula is C21H14F7N3O. The number of nitrogens with one attached hydrogen (secondary N) is 1. The molecule has 11 heteroatoms. The van der Waals surface area contributed by atoms with Crippen LogP contribution in [-0.4, -0.2) is 17.1 Å². The molecule has 4 rings (SSSR count). The van der Waals surface area contributed by atoms with Crippen molar-refractivity contribution in [1.82, 2.24) is 4.57 Å². The predicted molar refractivity (Wildman–Crippen MR) is 102 cm³/mol. The molecule has 0 amide bonds. The number of aliphatic imine (C=N–C) groups is 1. The highest BCUT2D eigenvalue weighted by Gasteiger charge is 2.57. The Hall–Kier alpha value is -3.29. The minimum Gasteiger partial charge on any atom is -0.346 e. The van der Waals surface area contributed by atoms with Crippen molar-refractivity contribution in [2.45, 2.75) is 37.3 Å². The standard InChI is InChI=1S/C21H14F7N3O/c22-17-15(20(23,24)25)6-8-31(18(17)32)10-13-3-4-14-16(9-13)29-11-30-19(14,21(26,27)28)7-5-12-1-2-12/h3-4,6,8-9,11-12H,1-2,10H2,(H,29,30)/t19-/m0/s1. The Morgan fingerprint density at radius 3 is 2.50 bits per heavy atom. The molecule has 0 saturated heterocycles. The average Bonchev–Trinajstić information content (AvgIpc) is 3.52. The molecule has 1 aromatic carbocycles. The third-order valence-electron chi connectivity index (χ3n) is 5.16. The molecule has 1 aliphatic carbocycles. The topological polar surface area (TPSA) is 46.4 Å². The predicted octanol–water partition coefficient (Wildman–Crippen LogP) is 4.68. The van der Waals surface area contributed by atoms with Gasteiger partial charge in [0.1, 0.15) is 0 Å². The maximum Gasteiger partial charge on any atom is 0.429 e. The van der Waals surface area contributed by atoms with E-state index in [0.29, 0.717) is 10.6 Å². The molecule has 2 aromatic rings. The first-order valence-corrected chi connectivity index (χ1v) is 9.41. The van der Waals surface area contributed by atoms with Crippen molar-refractivity contribution >= 4 is 12.0 Å². The summed E-state index contributed by atoms with van der Waals surface area (Å²) in [7, 11) is 0. The maximum absolute atomic E-state index is 14.0. The second kappa shape index (κ2) is 7.39. The number of aromatic nitrogens is 1. The zero-order valence-electron chi connectivity index (χ0n) is 16.1. The molecule has 0 radical (unpaired) electrons. The van der Waals surface area contributed by atoms with Crippen molar-refractivity contribution in [3.05, 3.63) is 63.3 Å². The van der Waals surface area contributed by atoms with Crippen molar-refractivity contribution in [2.75, 3.05) is 5.32 Å². The van der Waals surface area contributed by atoms with E-state index in [1.807, 2.05) is 0 Å². The third-order valence-corrected chi connectivity index (χ3v) is 5.16. The molecule has 4 nitrogen and oxygen atoms in total. The van der Waals surface area contributed by atoms with Crippen molar-refractivity contribution in [1.29, 1.82) is 0 Å². The van der Waals surface area contributed by atoms with Crippen LogP contribution in [0.15, 0.2) is 40.2 Å². The Balaban J connectivity index is 1.71. The molecular weight excluding hydrogens is 443 g/mol. The molecule has 0 spiro atoms. The fourth-order valence-corrected chi connectivity index (χ4v) is 3.31. The fraction of sp³-hybridized carbons (Fsp3) is 0.333. The van der Waals surface area contributed by atoms with E-state index >= 15 is 0 Å². The quantitative estimate of drug-likeness (QED) is 0.526. The highest BCUT2D eigenvalue weighted by molar-refractivity contribution is 5.83. The number of nitrogens with zero attached hydrogens (tertiary/aromatic N) is 2. The molecule has 2 heterocycles. The minimum atomic E-state index is -5.03. The Bertz CT molecular complexity index is 1210. The number of hydrogen-bond acceptors (Lipinski definition) is 3. The van der Waals surface area contributed by atoms with Gasteiger partial charge in [-0.1, -0.05) is 24.0 Å². The summed E-state index contributed by atoms with van der Waals surface area (Å²) in [5.41, 5.74) is -5.89. The lowest BCUT2D eigenvalue weighted by molar-refractivity contribution is -0.170. The van der Waals surface area contributed by atoms with E-state index in [1.165, 1.54) is 12.1 Å². The Labute approximate surface area is 176 Å². The summed E-state index contributed by atoms with van der Waals surface area (Å²) >= 11 is 0. The lowest BCUT2D eigenvalue weighted by Crippen LogP contribution is -2.42. The van der Waals surface area contributed by atoms with Gasteiger partial charge in [0.2, 0.25) is 11.4 Å². The zero-order valence-corrected chi connectivity index (χ0v) is 16.1. The van der Waals surface area contributed by atoms with Gasteiger partial charge in [-0.05, 0) is 30.5 Å². The van der Waals surface area contributed by atoms with E-state index in [2.05, 4.69) is 22.2 Å². The molecule has 1 aliphatic heterocycles. The number of hydrogen-bond donors (Lipinski definition) is 1. The number of rotatable bonds is 2. The summed E-state index contributed by atoms with van der Waals surface area (Å²) < 4.78 is 94.9. The first kappa shape index (κ1) is 21.9. The highest BCUT2D eigenvalue weighted by Crippen LogP contribution is 2.47. The normalized spacial score (nSPS) is 20.2. The van der Waals surface area contributed by atoms with Crippen LogP contribution in [0.25, 0.3) is 0 Å². The van der Waals surface area contributed by atoms with Crippen LogP contribution >= 0.6 is 0 Å². The second-order valence-electron chi connectivity index (χ2n) is 7.51. The Morgan fingerprint density at radius 1 is 1.16 bits per heavy atom. The summed E-state index contributed by atoms with van der Waals surface area (Å²) in [4.78, 5) is 15.6. The van der Waals surface area contributed by atoms with Crippen LogP contribution in [0.3, 0.4) is 0 Å². The number of benzene rings is 1. The lowest BCUT2D eigenvalue weighted by Gasteiger charge is -2.32. The first-order chi connectivity index (χ1) is 14.9. The smallest absolute Gasteiger partial charge is 0.346 e. The van der Waals surface area contributed by atoms with Gasteiger partial charge in [-0.25, -0.2) is 9.38 Å². The van der Waals surface area contributed by atoms with Crippen molar-refractivity contribution < 1.29 is 30.7 Å². The van der Waals surface area contributed by atoms with Crippen LogP contribution in [-0.2, 0) is 18.3 Å². The summed E-state index contributed by atoms with van der Waals surface area (Å²) in [6, 6.07) is 4.14. The van der Waals surface area contributed by atoms with Gasteiger partial charge in [-0.3, -0.25) is 4.79 Å². The number of halogens is 7. The molecule has 0 bridgehead atoms. The van der Waals surface area contributed by atoms with Crippen LogP contribution in [0, 0.1) is 23.6 Å². The summed E-state index contributed by atoms with van der Waals surface area (Å²) in [6.07, 6.45) is -6.72. The zero-order chi connectivity index (χ0) is 23.3. The largest absolute Gasteiger partial charge is 0.429 e. The third kappa shape index (κ3) is 3.85. The fourth-order valence-electron chi connectivity index (χ4n) is 3.31. The molecule has 32 heavy (non-hydrogen) atoms. The molecule has 1 fully saturated rings. The van der Waals surface area contributed by atoms with Gasteiger partial charge >= 0.3 is 12.4 Å². The van der Waals surface area contributed by atoms with Crippen molar-refractivity contribution in [2.24, 2.45) is 10.9 Å². The van der Waals surface area contributed by atoms with Gasteiger partial charge in [-0.2, -0.15) is 26.3 Å². The minimum absolute atomic E-state index is 0.0281. The number of fused-ring (bicyclic) bond motifs is 1. The van der Waals surface area contributed by atoms with E-state index in [4.69, 9.17) is 0 Å². The van der Waals surface area contributed by atoms with Gasteiger partial charge in [0.15, 0.2) is 0 Å². The maximum atomic E-state index is 14.0. The molecule has 0 unspecified atom stereocenters. The summed E-state index contributed by atoms with van der Waals surface area (Å²) in [6.45, 7) is -0.354. The summed E-state index contributed by atoms with van der Waals surface area (Å²) in [5, 5.41) is 2.60. The summed E-state index contributed by atoms with van der Waals surface area (Å²) in [5.74, 6) is 2.84. The van der Waals surface area contributed by atoms with Crippen LogP contribution in [0.1, 0.15) is 29.5 Å². The van der Waals surface area contributed by atoms with E-state index in [-0.39, 0.29) is 29.3 Å². The average molecular weight is 457 g/mol. The molecule has 168 valence electrons. The Kier molecular flexibility index (Phi) is 5.07. The van der Waals surface area contributed by atoms with Gasteiger partial charge in [-0.15, -0.1) is 0 Å². The van der Waals surface area contributed by atoms with Crippen LogP contribution < -0.4 is 10.9 Å². The molecule has 2 aliphatic rings. The molecule has 1 atom stereocenters. The monoisotopic (exact) mass is 457 g/mol. The highest BCUT2D eigenvalue weighted by atomic mass is 19.4. The SMILES string of the molecule is O=c1c(F)c(C(F)(F)F)ccn1Cc1ccc2c(c1)NC=N[C@]2(C#CC1CC1)C(F)(F)F. The van der Waals surface area contributed by atoms with Gasteiger partial charge < -0.3 is 9.88 Å². The number of alkyl halides is 6. The molecule has 1 N–H and O–H groups in total. The Morgan fingerprint density at radius 2 is 1.88 bits per heavy atom. The lowest BCUT2D eigenvalue weighted by atomic mass is 9.87. The number of pyridine rings is 1. The van der Waals surface area contributed by atoms with Gasteiger partial charge in [0.05, 0.1) is 18.4 Å². The van der Waals surface area contributed by atoms with E-state index < -0.39 is 34.8 Å². The van der Waals surface area contributed by atoms with Crippen molar-refractivity contribution in [3.63, 3.8) is 0 Å². The van der Waals surface area contributed by atoms with E-state index in [9.17, 15) is 35.5 Å². The van der Waals surface area contributed by atoms with E-state index in [0.717, 1.165) is 31.4 Å². The molecule has 1 aromatic heterocycles. The van der Waals surface area contributed by atoms with Crippen LogP contribution in [0.4, 0.5) is 36.4 Å². The molecule has 1 saturated carbocycles.